The minimum Gasteiger partial charge on any atom is -0.480 e. The molecular formula is C12H17NO5S. The summed E-state index contributed by atoms with van der Waals surface area (Å²) >= 11 is 0. The quantitative estimate of drug-likeness (QED) is 0.649. The predicted molar refractivity (Wildman–Crippen MR) is 70.1 cm³/mol. The van der Waals surface area contributed by atoms with E-state index in [0.29, 0.717) is 19.6 Å². The summed E-state index contributed by atoms with van der Waals surface area (Å²) in [5, 5.41) is 8.36. The Hall–Kier alpha value is -1.44. The van der Waals surface area contributed by atoms with Crippen molar-refractivity contribution in [1.82, 2.24) is 4.72 Å². The number of hydrogen-bond donors (Lipinski definition) is 2. The summed E-state index contributed by atoms with van der Waals surface area (Å²) in [6.07, 6.45) is 0.321. The van der Waals surface area contributed by atoms with Crippen LogP contribution in [0.15, 0.2) is 30.3 Å². The number of carbonyl (C=O) groups is 1. The molecule has 0 aliphatic carbocycles. The van der Waals surface area contributed by atoms with E-state index in [1.807, 2.05) is 35.1 Å². The fourth-order valence-electron chi connectivity index (χ4n) is 1.36. The third-order valence-corrected chi connectivity index (χ3v) is 3.67. The van der Waals surface area contributed by atoms with Gasteiger partial charge < -0.3 is 9.84 Å². The summed E-state index contributed by atoms with van der Waals surface area (Å²) < 4.78 is 30.0. The van der Waals surface area contributed by atoms with Crippen molar-refractivity contribution in [2.75, 3.05) is 18.9 Å². The van der Waals surface area contributed by atoms with E-state index >= 15 is 0 Å². The minimum absolute atomic E-state index is 0.144. The second-order valence-corrected chi connectivity index (χ2v) is 5.85. The van der Waals surface area contributed by atoms with Crippen LogP contribution in [-0.2, 0) is 26.2 Å². The number of carboxylic acids is 1. The fourth-order valence-corrected chi connectivity index (χ4v) is 2.34. The third-order valence-electron chi connectivity index (χ3n) is 2.26. The van der Waals surface area contributed by atoms with Gasteiger partial charge in [-0.3, -0.25) is 4.79 Å². The Kier molecular flexibility index (Phi) is 6.48. The molecule has 106 valence electrons. The molecule has 0 spiro atoms. The van der Waals surface area contributed by atoms with Crippen molar-refractivity contribution in [2.45, 2.75) is 13.0 Å². The van der Waals surface area contributed by atoms with Crippen molar-refractivity contribution in [3.8, 4) is 0 Å². The van der Waals surface area contributed by atoms with Gasteiger partial charge in [-0.1, -0.05) is 30.3 Å². The zero-order valence-corrected chi connectivity index (χ0v) is 11.2. The molecule has 0 saturated carbocycles. The molecule has 0 atom stereocenters. The molecule has 6 nitrogen and oxygen atoms in total. The van der Waals surface area contributed by atoms with Crippen LogP contribution in [0.5, 0.6) is 0 Å². The van der Waals surface area contributed by atoms with Crippen molar-refractivity contribution in [3.05, 3.63) is 35.9 Å². The maximum atomic E-state index is 11.3. The zero-order chi connectivity index (χ0) is 14.1. The molecule has 0 aromatic heterocycles. The summed E-state index contributed by atoms with van der Waals surface area (Å²) in [6.45, 7) is 0.152. The van der Waals surface area contributed by atoms with Crippen LogP contribution in [0.4, 0.5) is 0 Å². The van der Waals surface area contributed by atoms with E-state index in [4.69, 9.17) is 9.84 Å². The number of ether oxygens (including phenoxy) is 1. The van der Waals surface area contributed by atoms with Crippen molar-refractivity contribution < 1.29 is 23.1 Å². The lowest BCUT2D eigenvalue weighted by Crippen LogP contribution is -2.31. The molecule has 0 aliphatic heterocycles. The Morgan fingerprint density at radius 2 is 1.95 bits per heavy atom. The first-order valence-electron chi connectivity index (χ1n) is 5.80. The summed E-state index contributed by atoms with van der Waals surface area (Å²) in [4.78, 5) is 10.2. The first-order valence-corrected chi connectivity index (χ1v) is 7.45. The smallest absolute Gasteiger partial charge is 0.318 e. The number of carboxylic acid groups (broad SMARTS) is 1. The standard InChI is InChI=1S/C12H17NO5S/c14-12(15)9-13-19(16,17)8-4-7-18-10-11-5-2-1-3-6-11/h1-3,5-6,13H,4,7-10H2,(H,14,15). The topological polar surface area (TPSA) is 92.7 Å². The summed E-state index contributed by atoms with van der Waals surface area (Å²) in [6, 6.07) is 9.55. The van der Waals surface area contributed by atoms with E-state index in [9.17, 15) is 13.2 Å². The molecular weight excluding hydrogens is 270 g/mol. The largest absolute Gasteiger partial charge is 0.480 e. The van der Waals surface area contributed by atoms with E-state index in [0.717, 1.165) is 5.56 Å². The van der Waals surface area contributed by atoms with Gasteiger partial charge in [0.1, 0.15) is 6.54 Å². The summed E-state index contributed by atoms with van der Waals surface area (Å²) in [5.74, 6) is -1.35. The molecule has 2 N–H and O–H groups in total. The van der Waals surface area contributed by atoms with Gasteiger partial charge >= 0.3 is 5.97 Å². The van der Waals surface area contributed by atoms with Gasteiger partial charge in [-0.15, -0.1) is 0 Å². The molecule has 1 aromatic carbocycles. The van der Waals surface area contributed by atoms with Gasteiger partial charge in [-0.2, -0.15) is 0 Å². The van der Waals surface area contributed by atoms with Crippen LogP contribution < -0.4 is 4.72 Å². The Bertz CT molecular complexity index is 486. The Morgan fingerprint density at radius 3 is 2.58 bits per heavy atom. The number of aliphatic carboxylic acids is 1. The normalized spacial score (nSPS) is 11.4. The van der Waals surface area contributed by atoms with E-state index in [2.05, 4.69) is 0 Å². The average molecular weight is 287 g/mol. The second-order valence-electron chi connectivity index (χ2n) is 3.93. The molecule has 19 heavy (non-hydrogen) atoms. The Morgan fingerprint density at radius 1 is 1.26 bits per heavy atom. The van der Waals surface area contributed by atoms with Crippen LogP contribution >= 0.6 is 0 Å². The number of rotatable bonds is 9. The lowest BCUT2D eigenvalue weighted by Gasteiger charge is -2.06. The second kappa shape index (κ2) is 7.88. The maximum Gasteiger partial charge on any atom is 0.318 e. The predicted octanol–water partition coefficient (Wildman–Crippen LogP) is 0.597. The minimum atomic E-state index is -3.53. The van der Waals surface area contributed by atoms with Crippen molar-refractivity contribution in [1.29, 1.82) is 0 Å². The molecule has 0 fully saturated rings. The molecule has 0 unspecified atom stereocenters. The van der Waals surface area contributed by atoms with Gasteiger partial charge in [0.25, 0.3) is 0 Å². The lowest BCUT2D eigenvalue weighted by molar-refractivity contribution is -0.135. The summed E-state index contributed by atoms with van der Waals surface area (Å²) in [7, 11) is -3.53. The van der Waals surface area contributed by atoms with Gasteiger partial charge in [-0.25, -0.2) is 13.1 Å². The highest BCUT2D eigenvalue weighted by atomic mass is 32.2. The third kappa shape index (κ3) is 7.55. The average Bonchev–Trinajstić information content (AvgIpc) is 2.37. The molecule has 7 heteroatoms. The Balaban J connectivity index is 2.15. The van der Waals surface area contributed by atoms with E-state index in [1.165, 1.54) is 0 Å². The van der Waals surface area contributed by atoms with E-state index in [1.54, 1.807) is 0 Å². The van der Waals surface area contributed by atoms with Crippen LogP contribution in [0.3, 0.4) is 0 Å². The molecule has 0 saturated heterocycles. The summed E-state index contributed by atoms with van der Waals surface area (Å²) in [5.41, 5.74) is 1.02. The van der Waals surface area contributed by atoms with Crippen LogP contribution in [-0.4, -0.2) is 38.4 Å². The van der Waals surface area contributed by atoms with Crippen LogP contribution in [0.2, 0.25) is 0 Å². The number of benzene rings is 1. The van der Waals surface area contributed by atoms with Gasteiger partial charge in [0.15, 0.2) is 0 Å². The van der Waals surface area contributed by atoms with Gasteiger partial charge in [0.05, 0.1) is 12.4 Å². The first-order chi connectivity index (χ1) is 8.99. The molecule has 0 aliphatic rings. The van der Waals surface area contributed by atoms with Gasteiger partial charge in [0, 0.05) is 6.61 Å². The number of nitrogens with one attached hydrogen (secondary N) is 1. The number of sulfonamides is 1. The maximum absolute atomic E-state index is 11.3. The highest BCUT2D eigenvalue weighted by Gasteiger charge is 2.11. The van der Waals surface area contributed by atoms with Gasteiger partial charge in [0.2, 0.25) is 10.0 Å². The monoisotopic (exact) mass is 287 g/mol. The number of hydrogen-bond acceptors (Lipinski definition) is 4. The lowest BCUT2D eigenvalue weighted by atomic mass is 10.2. The van der Waals surface area contributed by atoms with Crippen molar-refractivity contribution >= 4 is 16.0 Å². The molecule has 1 aromatic rings. The van der Waals surface area contributed by atoms with Crippen molar-refractivity contribution in [2.24, 2.45) is 0 Å². The van der Waals surface area contributed by atoms with E-state index in [-0.39, 0.29) is 5.75 Å². The molecule has 0 heterocycles. The van der Waals surface area contributed by atoms with Crippen LogP contribution in [0.1, 0.15) is 12.0 Å². The molecule has 1 rings (SSSR count). The molecule has 0 bridgehead atoms. The first kappa shape index (κ1) is 15.6. The zero-order valence-electron chi connectivity index (χ0n) is 10.4. The van der Waals surface area contributed by atoms with Gasteiger partial charge in [-0.05, 0) is 12.0 Å². The van der Waals surface area contributed by atoms with Crippen LogP contribution in [0, 0.1) is 0 Å². The highest BCUT2D eigenvalue weighted by molar-refractivity contribution is 7.89. The van der Waals surface area contributed by atoms with Crippen LogP contribution in [0.25, 0.3) is 0 Å². The van der Waals surface area contributed by atoms with E-state index < -0.39 is 22.5 Å². The SMILES string of the molecule is O=C(O)CNS(=O)(=O)CCCOCc1ccccc1. The van der Waals surface area contributed by atoms with Crippen molar-refractivity contribution in [3.63, 3.8) is 0 Å². The highest BCUT2D eigenvalue weighted by Crippen LogP contribution is 2.01. The molecule has 0 amide bonds. The fraction of sp³-hybridized carbons (Fsp3) is 0.417. The molecule has 0 radical (unpaired) electrons. The Labute approximate surface area is 112 Å².